The van der Waals surface area contributed by atoms with Gasteiger partial charge in [-0.3, -0.25) is 4.79 Å². The van der Waals surface area contributed by atoms with Crippen molar-refractivity contribution in [3.8, 4) is 11.3 Å². The van der Waals surface area contributed by atoms with Crippen molar-refractivity contribution in [2.24, 2.45) is 0 Å². The molecule has 27 heavy (non-hydrogen) atoms. The lowest BCUT2D eigenvalue weighted by Crippen LogP contribution is -2.41. The zero-order valence-corrected chi connectivity index (χ0v) is 16.2. The van der Waals surface area contributed by atoms with Crippen LogP contribution in [0.4, 0.5) is 0 Å². The Kier molecular flexibility index (Phi) is 6.32. The van der Waals surface area contributed by atoms with Crippen molar-refractivity contribution in [1.82, 2.24) is 10.2 Å². The van der Waals surface area contributed by atoms with Crippen LogP contribution >= 0.6 is 11.6 Å². The van der Waals surface area contributed by atoms with E-state index >= 15 is 0 Å². The van der Waals surface area contributed by atoms with Gasteiger partial charge in [-0.15, -0.1) is 0 Å². The molecule has 0 aliphatic carbocycles. The van der Waals surface area contributed by atoms with Crippen molar-refractivity contribution in [3.63, 3.8) is 0 Å². The van der Waals surface area contributed by atoms with Crippen molar-refractivity contribution in [2.45, 2.75) is 12.5 Å². The van der Waals surface area contributed by atoms with Crippen LogP contribution in [-0.2, 0) is 6.42 Å². The van der Waals surface area contributed by atoms with Crippen LogP contribution in [0.5, 0.6) is 0 Å². The molecule has 4 nitrogen and oxygen atoms in total. The predicted octanol–water partition coefficient (Wildman–Crippen LogP) is 4.50. The average molecular weight is 383 g/mol. The smallest absolute Gasteiger partial charge is 0.287 e. The van der Waals surface area contributed by atoms with Crippen LogP contribution in [-0.4, -0.2) is 37.5 Å². The quantitative estimate of drug-likeness (QED) is 0.654. The third-order valence-electron chi connectivity index (χ3n) is 4.50. The van der Waals surface area contributed by atoms with E-state index in [0.717, 1.165) is 12.0 Å². The normalized spacial score (nSPS) is 12.1. The second-order valence-electron chi connectivity index (χ2n) is 6.69. The number of likely N-dealkylation sites (N-methyl/N-ethyl adjacent to an activating group) is 1. The molecule has 0 saturated heterocycles. The molecule has 3 aromatic rings. The number of furan rings is 1. The molecule has 5 heteroatoms. The Morgan fingerprint density at radius 3 is 2.41 bits per heavy atom. The molecule has 0 aliphatic heterocycles. The fourth-order valence-electron chi connectivity index (χ4n) is 2.85. The second-order valence-corrected chi connectivity index (χ2v) is 7.12. The summed E-state index contributed by atoms with van der Waals surface area (Å²) >= 11 is 5.91. The molecule has 0 bridgehead atoms. The molecule has 0 aliphatic rings. The average Bonchev–Trinajstić information content (AvgIpc) is 3.16. The minimum atomic E-state index is -0.213. The van der Waals surface area contributed by atoms with E-state index in [2.05, 4.69) is 22.3 Å². The number of halogens is 1. The Labute approximate surface area is 164 Å². The largest absolute Gasteiger partial charge is 0.451 e. The Morgan fingerprint density at radius 1 is 1.04 bits per heavy atom. The molecule has 1 heterocycles. The molecule has 140 valence electrons. The van der Waals surface area contributed by atoms with Crippen LogP contribution in [0.25, 0.3) is 11.3 Å². The molecule has 0 fully saturated rings. The van der Waals surface area contributed by atoms with Crippen LogP contribution in [0.2, 0.25) is 5.02 Å². The minimum Gasteiger partial charge on any atom is -0.451 e. The number of benzene rings is 2. The first-order valence-corrected chi connectivity index (χ1v) is 9.25. The van der Waals surface area contributed by atoms with Gasteiger partial charge in [-0.2, -0.15) is 0 Å². The van der Waals surface area contributed by atoms with Crippen molar-refractivity contribution in [3.05, 3.63) is 83.1 Å². The Morgan fingerprint density at radius 2 is 1.74 bits per heavy atom. The number of nitrogens with one attached hydrogen (secondary N) is 1. The standard InChI is InChI=1S/C22H23ClN2O2/c1-25(2)19(14-16-6-4-3-5-7-16)15-24-22(26)21-13-12-20(27-21)17-8-10-18(23)11-9-17/h3-13,19H,14-15H2,1-2H3,(H,24,26). The van der Waals surface area contributed by atoms with Gasteiger partial charge in [-0.25, -0.2) is 0 Å². The first-order chi connectivity index (χ1) is 13.0. The highest BCUT2D eigenvalue weighted by molar-refractivity contribution is 6.30. The zero-order chi connectivity index (χ0) is 19.2. The van der Waals surface area contributed by atoms with E-state index in [1.165, 1.54) is 5.56 Å². The lowest BCUT2D eigenvalue weighted by atomic mass is 10.1. The molecule has 3 rings (SSSR count). The molecular weight excluding hydrogens is 360 g/mol. The summed E-state index contributed by atoms with van der Waals surface area (Å²) in [5.41, 5.74) is 2.13. The minimum absolute atomic E-state index is 0.196. The second kappa shape index (κ2) is 8.89. The third kappa shape index (κ3) is 5.22. The SMILES string of the molecule is CN(C)C(CNC(=O)c1ccc(-c2ccc(Cl)cc2)o1)Cc1ccccc1. The van der Waals surface area contributed by atoms with Crippen LogP contribution in [0.3, 0.4) is 0 Å². The number of carbonyl (C=O) groups excluding carboxylic acids is 1. The van der Waals surface area contributed by atoms with E-state index in [4.69, 9.17) is 16.0 Å². The lowest BCUT2D eigenvalue weighted by molar-refractivity contribution is 0.0915. The van der Waals surface area contributed by atoms with Crippen molar-refractivity contribution >= 4 is 17.5 Å². The molecule has 0 spiro atoms. The van der Waals surface area contributed by atoms with Crippen LogP contribution in [0, 0.1) is 0 Å². The fourth-order valence-corrected chi connectivity index (χ4v) is 2.98. The van der Waals surface area contributed by atoms with Crippen molar-refractivity contribution in [2.75, 3.05) is 20.6 Å². The highest BCUT2D eigenvalue weighted by Crippen LogP contribution is 2.23. The van der Waals surface area contributed by atoms with Gasteiger partial charge in [0.2, 0.25) is 0 Å². The van der Waals surface area contributed by atoms with Crippen LogP contribution in [0.1, 0.15) is 16.1 Å². The van der Waals surface area contributed by atoms with E-state index in [0.29, 0.717) is 23.1 Å². The summed E-state index contributed by atoms with van der Waals surface area (Å²) in [5, 5.41) is 3.64. The molecule has 1 atom stereocenters. The van der Waals surface area contributed by atoms with E-state index in [9.17, 15) is 4.79 Å². The first-order valence-electron chi connectivity index (χ1n) is 8.87. The number of carbonyl (C=O) groups is 1. The summed E-state index contributed by atoms with van der Waals surface area (Å²) in [6.45, 7) is 0.539. The molecule has 0 saturated carbocycles. The first kappa shape index (κ1) is 19.2. The Bertz CT molecular complexity index is 873. The maximum atomic E-state index is 12.5. The number of rotatable bonds is 7. The number of hydrogen-bond donors (Lipinski definition) is 1. The summed E-state index contributed by atoms with van der Waals surface area (Å²) in [4.78, 5) is 14.6. The van der Waals surface area contributed by atoms with E-state index in [-0.39, 0.29) is 11.9 Å². The third-order valence-corrected chi connectivity index (χ3v) is 4.75. The van der Waals surface area contributed by atoms with Crippen LogP contribution in [0.15, 0.2) is 71.1 Å². The number of nitrogens with zero attached hydrogens (tertiary/aromatic N) is 1. The molecular formula is C22H23ClN2O2. The molecule has 1 aromatic heterocycles. The summed E-state index contributed by atoms with van der Waals surface area (Å²) in [6, 6.07) is 21.3. The summed E-state index contributed by atoms with van der Waals surface area (Å²) in [6.07, 6.45) is 0.863. The monoisotopic (exact) mass is 382 g/mol. The van der Waals surface area contributed by atoms with Gasteiger partial charge in [0.05, 0.1) is 0 Å². The van der Waals surface area contributed by atoms with Gasteiger partial charge in [0.15, 0.2) is 5.76 Å². The summed E-state index contributed by atoms with van der Waals surface area (Å²) < 4.78 is 5.71. The van der Waals surface area contributed by atoms with Gasteiger partial charge in [-0.1, -0.05) is 41.9 Å². The van der Waals surface area contributed by atoms with E-state index < -0.39 is 0 Å². The molecule has 1 N–H and O–H groups in total. The lowest BCUT2D eigenvalue weighted by Gasteiger charge is -2.24. The number of amides is 1. The van der Waals surface area contributed by atoms with E-state index in [1.54, 1.807) is 24.3 Å². The predicted molar refractivity (Wildman–Crippen MR) is 109 cm³/mol. The number of hydrogen-bond acceptors (Lipinski definition) is 3. The summed E-state index contributed by atoms with van der Waals surface area (Å²) in [5.74, 6) is 0.734. The van der Waals surface area contributed by atoms with Gasteiger partial charge in [0.1, 0.15) is 5.76 Å². The highest BCUT2D eigenvalue weighted by atomic mass is 35.5. The Hall–Kier alpha value is -2.56. The van der Waals surface area contributed by atoms with Gasteiger partial charge < -0.3 is 14.6 Å². The molecule has 1 amide bonds. The fraction of sp³-hybridized carbons (Fsp3) is 0.227. The molecule has 1 unspecified atom stereocenters. The maximum absolute atomic E-state index is 12.5. The van der Waals surface area contributed by atoms with Crippen molar-refractivity contribution in [1.29, 1.82) is 0 Å². The zero-order valence-electron chi connectivity index (χ0n) is 15.5. The highest BCUT2D eigenvalue weighted by Gasteiger charge is 2.17. The topological polar surface area (TPSA) is 45.5 Å². The van der Waals surface area contributed by atoms with Crippen molar-refractivity contribution < 1.29 is 9.21 Å². The molecule has 0 radical (unpaired) electrons. The van der Waals surface area contributed by atoms with Gasteiger partial charge in [0, 0.05) is 23.2 Å². The summed E-state index contributed by atoms with van der Waals surface area (Å²) in [7, 11) is 4.04. The van der Waals surface area contributed by atoms with Crippen LogP contribution < -0.4 is 5.32 Å². The van der Waals surface area contributed by atoms with Gasteiger partial charge in [0.25, 0.3) is 5.91 Å². The Balaban J connectivity index is 1.61. The van der Waals surface area contributed by atoms with E-state index in [1.807, 2.05) is 44.4 Å². The molecule has 2 aromatic carbocycles. The van der Waals surface area contributed by atoms with Gasteiger partial charge in [-0.05, 0) is 62.5 Å². The maximum Gasteiger partial charge on any atom is 0.287 e. The van der Waals surface area contributed by atoms with Gasteiger partial charge >= 0.3 is 0 Å².